The first kappa shape index (κ1) is 27.3. The van der Waals surface area contributed by atoms with Crippen molar-refractivity contribution < 1.29 is 14.3 Å². The van der Waals surface area contributed by atoms with E-state index in [0.717, 1.165) is 53.6 Å². The smallest absolute Gasteiger partial charge is 0.251 e. The summed E-state index contributed by atoms with van der Waals surface area (Å²) in [6.45, 7) is 11.6. The molecule has 1 atom stereocenters. The number of nitrogens with one attached hydrogen (secondary N) is 1. The zero-order chi connectivity index (χ0) is 27.5. The van der Waals surface area contributed by atoms with Gasteiger partial charge < -0.3 is 15.0 Å². The molecule has 0 bridgehead atoms. The highest BCUT2D eigenvalue weighted by molar-refractivity contribution is 7.14. The van der Waals surface area contributed by atoms with Crippen LogP contribution >= 0.6 is 11.3 Å². The normalized spacial score (nSPS) is 17.9. The predicted molar refractivity (Wildman–Crippen MR) is 153 cm³/mol. The number of hydrogen-bond donors (Lipinski definition) is 1. The lowest BCUT2D eigenvalue weighted by Gasteiger charge is -2.21. The van der Waals surface area contributed by atoms with Gasteiger partial charge in [-0.3, -0.25) is 14.5 Å². The molecule has 2 saturated heterocycles. The minimum absolute atomic E-state index is 0.105. The summed E-state index contributed by atoms with van der Waals surface area (Å²) in [5, 5.41) is 13.7. The number of carbonyl (C=O) groups is 2. The van der Waals surface area contributed by atoms with Crippen LogP contribution in [0, 0.1) is 0 Å². The fraction of sp³-hybridized carbons (Fsp3) is 0.467. The molecule has 3 aromatic rings. The van der Waals surface area contributed by atoms with Crippen molar-refractivity contribution in [3.05, 3.63) is 58.6 Å². The minimum atomic E-state index is -0.105. The fourth-order valence-corrected chi connectivity index (χ4v) is 5.87. The summed E-state index contributed by atoms with van der Waals surface area (Å²) in [4.78, 5) is 29.7. The number of amides is 2. The molecule has 8 nitrogen and oxygen atoms in total. The highest BCUT2D eigenvalue weighted by Crippen LogP contribution is 2.32. The van der Waals surface area contributed by atoms with Crippen LogP contribution in [0.2, 0.25) is 0 Å². The van der Waals surface area contributed by atoms with Gasteiger partial charge in [-0.25, -0.2) is 0 Å². The topological polar surface area (TPSA) is 87.7 Å². The van der Waals surface area contributed by atoms with Crippen LogP contribution in [0.15, 0.2) is 42.5 Å². The third-order valence-corrected chi connectivity index (χ3v) is 8.68. The number of aromatic nitrogens is 2. The first-order valence-electron chi connectivity index (χ1n) is 13.8. The van der Waals surface area contributed by atoms with Crippen molar-refractivity contribution in [1.82, 2.24) is 25.3 Å². The van der Waals surface area contributed by atoms with Gasteiger partial charge in [0.05, 0.1) is 0 Å². The van der Waals surface area contributed by atoms with Gasteiger partial charge in [0.2, 0.25) is 5.91 Å². The monoisotopic (exact) mass is 547 g/mol. The molecule has 0 radical (unpaired) electrons. The maximum atomic E-state index is 13.2. The number of hydrogen-bond acceptors (Lipinski definition) is 7. The molecule has 1 N–H and O–H groups in total. The van der Waals surface area contributed by atoms with Gasteiger partial charge in [0.15, 0.2) is 0 Å². The standard InChI is InChI=1S/C30H37N5O3S/c1-19(2)29-32-33-30(39-29)21-9-11-25(12-10-21)38-26-16-22(7-8-23(26)17-35-14-5-6-27(35)36)28(37)31-24-13-15-34(18-24)20(3)4/h7-12,16,19-20,24H,5-6,13-15,17-18H2,1-4H3,(H,31,37)/t24-/m0/s1. The largest absolute Gasteiger partial charge is 0.457 e. The Hall–Kier alpha value is -3.30. The molecule has 0 aliphatic carbocycles. The van der Waals surface area contributed by atoms with E-state index in [2.05, 4.69) is 48.1 Å². The first-order valence-corrected chi connectivity index (χ1v) is 14.7. The summed E-state index contributed by atoms with van der Waals surface area (Å²) in [6.07, 6.45) is 2.40. The Labute approximate surface area is 234 Å². The lowest BCUT2D eigenvalue weighted by atomic mass is 10.1. The van der Waals surface area contributed by atoms with Gasteiger partial charge in [-0.1, -0.05) is 31.3 Å². The molecule has 2 aliphatic heterocycles. The van der Waals surface area contributed by atoms with Crippen molar-refractivity contribution in [1.29, 1.82) is 0 Å². The molecule has 206 valence electrons. The summed E-state index contributed by atoms with van der Waals surface area (Å²) in [5.74, 6) is 1.63. The molecule has 0 saturated carbocycles. The second kappa shape index (κ2) is 11.8. The van der Waals surface area contributed by atoms with Crippen LogP contribution in [0.5, 0.6) is 11.5 Å². The zero-order valence-electron chi connectivity index (χ0n) is 23.1. The van der Waals surface area contributed by atoms with Gasteiger partial charge in [-0.05, 0) is 63.1 Å². The molecule has 0 spiro atoms. The second-order valence-electron chi connectivity index (χ2n) is 11.0. The van der Waals surface area contributed by atoms with Crippen LogP contribution in [0.4, 0.5) is 0 Å². The Bertz CT molecular complexity index is 1320. The molecule has 2 fully saturated rings. The number of nitrogens with zero attached hydrogens (tertiary/aromatic N) is 4. The molecule has 2 aromatic carbocycles. The molecule has 9 heteroatoms. The van der Waals surface area contributed by atoms with E-state index >= 15 is 0 Å². The zero-order valence-corrected chi connectivity index (χ0v) is 24.0. The van der Waals surface area contributed by atoms with E-state index in [0.29, 0.717) is 42.0 Å². The Morgan fingerprint density at radius 1 is 1.10 bits per heavy atom. The third-order valence-electron chi connectivity index (χ3n) is 7.41. The quantitative estimate of drug-likeness (QED) is 0.383. The average Bonchev–Trinajstić information content (AvgIpc) is 3.67. The van der Waals surface area contributed by atoms with E-state index in [4.69, 9.17) is 4.74 Å². The van der Waals surface area contributed by atoms with Crippen molar-refractivity contribution in [3.8, 4) is 22.1 Å². The number of carbonyl (C=O) groups excluding carboxylic acids is 2. The van der Waals surface area contributed by atoms with Crippen molar-refractivity contribution >= 4 is 23.2 Å². The van der Waals surface area contributed by atoms with Gasteiger partial charge in [0.1, 0.15) is 21.5 Å². The predicted octanol–water partition coefficient (Wildman–Crippen LogP) is 5.46. The summed E-state index contributed by atoms with van der Waals surface area (Å²) in [7, 11) is 0. The van der Waals surface area contributed by atoms with Gasteiger partial charge in [-0.2, -0.15) is 0 Å². The molecule has 0 unspecified atom stereocenters. The molecule has 1 aromatic heterocycles. The molecular formula is C30H37N5O3S. The van der Waals surface area contributed by atoms with Gasteiger partial charge >= 0.3 is 0 Å². The summed E-state index contributed by atoms with van der Waals surface area (Å²) in [6, 6.07) is 13.9. The maximum absolute atomic E-state index is 13.2. The van der Waals surface area contributed by atoms with Crippen LogP contribution < -0.4 is 10.1 Å². The van der Waals surface area contributed by atoms with E-state index in [1.807, 2.05) is 41.3 Å². The Kier molecular flexibility index (Phi) is 8.28. The van der Waals surface area contributed by atoms with Crippen molar-refractivity contribution in [2.24, 2.45) is 0 Å². The van der Waals surface area contributed by atoms with E-state index in [9.17, 15) is 9.59 Å². The van der Waals surface area contributed by atoms with E-state index < -0.39 is 0 Å². The molecule has 5 rings (SSSR count). The van der Waals surface area contributed by atoms with Gasteiger partial charge in [-0.15, -0.1) is 10.2 Å². The van der Waals surface area contributed by atoms with Crippen LogP contribution in [0.3, 0.4) is 0 Å². The number of rotatable bonds is 9. The van der Waals surface area contributed by atoms with Crippen LogP contribution in [0.25, 0.3) is 10.6 Å². The lowest BCUT2D eigenvalue weighted by molar-refractivity contribution is -0.128. The molecule has 2 amide bonds. The molecule has 39 heavy (non-hydrogen) atoms. The highest BCUT2D eigenvalue weighted by Gasteiger charge is 2.26. The Morgan fingerprint density at radius 2 is 1.90 bits per heavy atom. The Balaban J connectivity index is 1.35. The van der Waals surface area contributed by atoms with Crippen molar-refractivity contribution in [2.75, 3.05) is 19.6 Å². The van der Waals surface area contributed by atoms with Crippen LogP contribution in [-0.2, 0) is 11.3 Å². The van der Waals surface area contributed by atoms with Gasteiger partial charge in [0.25, 0.3) is 5.91 Å². The van der Waals surface area contributed by atoms with Crippen molar-refractivity contribution in [3.63, 3.8) is 0 Å². The van der Waals surface area contributed by atoms with Crippen LogP contribution in [-0.4, -0.2) is 63.5 Å². The van der Waals surface area contributed by atoms with Crippen LogP contribution in [0.1, 0.15) is 73.8 Å². The highest BCUT2D eigenvalue weighted by atomic mass is 32.1. The summed E-state index contributed by atoms with van der Waals surface area (Å²) < 4.78 is 6.34. The molecular weight excluding hydrogens is 510 g/mol. The third kappa shape index (κ3) is 6.47. The van der Waals surface area contributed by atoms with Gasteiger partial charge in [0, 0.05) is 67.3 Å². The fourth-order valence-electron chi connectivity index (χ4n) is 5.02. The van der Waals surface area contributed by atoms with E-state index in [1.165, 1.54) is 0 Å². The number of likely N-dealkylation sites (tertiary alicyclic amines) is 2. The second-order valence-corrected chi connectivity index (χ2v) is 12.0. The van der Waals surface area contributed by atoms with Crippen molar-refractivity contribution in [2.45, 2.75) is 71.5 Å². The molecule has 2 aliphatic rings. The lowest BCUT2D eigenvalue weighted by Crippen LogP contribution is -2.38. The summed E-state index contributed by atoms with van der Waals surface area (Å²) >= 11 is 1.60. The summed E-state index contributed by atoms with van der Waals surface area (Å²) in [5.41, 5.74) is 2.41. The van der Waals surface area contributed by atoms with E-state index in [-0.39, 0.29) is 17.9 Å². The Morgan fingerprint density at radius 3 is 2.54 bits per heavy atom. The number of benzene rings is 2. The first-order chi connectivity index (χ1) is 18.8. The maximum Gasteiger partial charge on any atom is 0.251 e. The SMILES string of the molecule is CC(C)c1nnc(-c2ccc(Oc3cc(C(=O)N[C@H]4CCN(C(C)C)C4)ccc3CN3CCCC3=O)cc2)s1. The number of ether oxygens (including phenoxy) is 1. The molecule has 3 heterocycles. The van der Waals surface area contributed by atoms with E-state index in [1.54, 1.807) is 17.4 Å². The minimum Gasteiger partial charge on any atom is -0.457 e. The average molecular weight is 548 g/mol.